The van der Waals surface area contributed by atoms with E-state index in [2.05, 4.69) is 0 Å². The average molecular weight is 585 g/mol. The van der Waals surface area contributed by atoms with Gasteiger partial charge in [-0.1, -0.05) is 91.0 Å². The van der Waals surface area contributed by atoms with E-state index in [0.717, 1.165) is 22.3 Å². The van der Waals surface area contributed by atoms with Gasteiger partial charge in [0.15, 0.2) is 0 Å². The first-order valence-corrected chi connectivity index (χ1v) is 14.6. The second-order valence-corrected chi connectivity index (χ2v) is 10.6. The van der Waals surface area contributed by atoms with Crippen molar-refractivity contribution in [3.05, 3.63) is 125 Å². The number of rotatable bonds is 13. The molecule has 4 aromatic rings. The Morgan fingerprint density at radius 1 is 0.558 bits per heavy atom. The fourth-order valence-electron chi connectivity index (χ4n) is 5.75. The van der Waals surface area contributed by atoms with Crippen molar-refractivity contribution in [1.82, 2.24) is 0 Å². The summed E-state index contributed by atoms with van der Waals surface area (Å²) in [7, 11) is 4.84. The monoisotopic (exact) mass is 584 g/mol. The highest BCUT2D eigenvalue weighted by atomic mass is 16.6. The first kappa shape index (κ1) is 30.6. The van der Waals surface area contributed by atoms with Gasteiger partial charge >= 0.3 is 0 Å². The molecule has 43 heavy (non-hydrogen) atoms. The van der Waals surface area contributed by atoms with Gasteiger partial charge in [-0.25, -0.2) is 0 Å². The molecule has 0 bridgehead atoms. The fraction of sp³-hybridized carbons (Fsp3) is 0.333. The van der Waals surface area contributed by atoms with Crippen LogP contribution in [0.1, 0.15) is 34.6 Å². The van der Waals surface area contributed by atoms with Gasteiger partial charge in [-0.2, -0.15) is 0 Å². The van der Waals surface area contributed by atoms with Crippen molar-refractivity contribution in [3.8, 4) is 17.2 Å². The predicted octanol–water partition coefficient (Wildman–Crippen LogP) is 6.32. The second-order valence-electron chi connectivity index (χ2n) is 10.6. The highest BCUT2D eigenvalue weighted by Crippen LogP contribution is 2.47. The van der Waals surface area contributed by atoms with Crippen LogP contribution in [0.25, 0.3) is 0 Å². The summed E-state index contributed by atoms with van der Waals surface area (Å²) in [6.07, 6.45) is -2.26. The summed E-state index contributed by atoms with van der Waals surface area (Å²) in [5.74, 6) is 1.45. The largest absolute Gasteiger partial charge is 0.496 e. The van der Waals surface area contributed by atoms with Crippen LogP contribution >= 0.6 is 0 Å². The van der Waals surface area contributed by atoms with Crippen molar-refractivity contribution < 1.29 is 33.5 Å². The van der Waals surface area contributed by atoms with Crippen molar-refractivity contribution in [2.24, 2.45) is 0 Å². The van der Waals surface area contributed by atoms with Gasteiger partial charge in [-0.3, -0.25) is 0 Å². The summed E-state index contributed by atoms with van der Waals surface area (Å²) in [5, 5.41) is 11.7. The lowest BCUT2D eigenvalue weighted by Gasteiger charge is -2.45. The highest BCUT2D eigenvalue weighted by molar-refractivity contribution is 5.53. The van der Waals surface area contributed by atoms with Gasteiger partial charge in [0.25, 0.3) is 0 Å². The van der Waals surface area contributed by atoms with E-state index in [1.165, 1.54) is 0 Å². The Balaban J connectivity index is 1.55. The molecular formula is C36H40O7. The second kappa shape index (κ2) is 15.0. The molecule has 0 heterocycles. The topological polar surface area (TPSA) is 75.6 Å². The molecule has 1 fully saturated rings. The van der Waals surface area contributed by atoms with Crippen LogP contribution in [0.3, 0.4) is 0 Å². The minimum Gasteiger partial charge on any atom is -0.496 e. The van der Waals surface area contributed by atoms with Crippen molar-refractivity contribution in [2.45, 2.75) is 56.6 Å². The summed E-state index contributed by atoms with van der Waals surface area (Å²) < 4.78 is 37.1. The predicted molar refractivity (Wildman–Crippen MR) is 165 cm³/mol. The SMILES string of the molecule is COc1cc(OC)c([C@@H]2C[C@@H](O)[C@@H](OCc3ccccc3)[C@H](OCc3ccccc3)[C@H]2OCc2ccccc2)c(OC)c1. The summed E-state index contributed by atoms with van der Waals surface area (Å²) in [5.41, 5.74) is 3.85. The van der Waals surface area contributed by atoms with Crippen LogP contribution < -0.4 is 14.2 Å². The normalized spacial score (nSPS) is 21.7. The van der Waals surface area contributed by atoms with E-state index in [1.807, 2.05) is 103 Å². The standard InChI is InChI=1S/C36H40O7/c1-38-28-19-31(39-2)33(32(20-28)40-3)29-21-30(37)35(42-23-26-15-9-5-10-16-26)36(43-24-27-17-11-6-12-18-27)34(29)41-22-25-13-7-4-8-14-25/h4-20,29-30,34-37H,21-24H2,1-3H3/t29-,30+,34-,35+,36+/m0/s1. The summed E-state index contributed by atoms with van der Waals surface area (Å²) in [6.45, 7) is 1.02. The van der Waals surface area contributed by atoms with Crippen LogP contribution in [0.5, 0.6) is 17.2 Å². The molecular weight excluding hydrogens is 544 g/mol. The van der Waals surface area contributed by atoms with Crippen LogP contribution in [0.4, 0.5) is 0 Å². The Hall–Kier alpha value is -3.88. The van der Waals surface area contributed by atoms with Gasteiger partial charge in [0.05, 0.1) is 53.4 Å². The molecule has 0 unspecified atom stereocenters. The molecule has 5 rings (SSSR count). The Bertz CT molecular complexity index is 1370. The van der Waals surface area contributed by atoms with Crippen LogP contribution in [0.2, 0.25) is 0 Å². The molecule has 1 aliphatic rings. The van der Waals surface area contributed by atoms with E-state index in [9.17, 15) is 5.11 Å². The van der Waals surface area contributed by atoms with E-state index >= 15 is 0 Å². The third kappa shape index (κ3) is 7.56. The lowest BCUT2D eigenvalue weighted by molar-refractivity contribution is -0.208. The molecule has 5 atom stereocenters. The smallest absolute Gasteiger partial charge is 0.129 e. The van der Waals surface area contributed by atoms with Crippen LogP contribution in [0, 0.1) is 0 Å². The van der Waals surface area contributed by atoms with Gasteiger partial charge in [0, 0.05) is 23.6 Å². The van der Waals surface area contributed by atoms with Gasteiger partial charge < -0.3 is 33.5 Å². The third-order valence-corrected chi connectivity index (χ3v) is 7.90. The third-order valence-electron chi connectivity index (χ3n) is 7.90. The zero-order valence-electron chi connectivity index (χ0n) is 24.9. The van der Waals surface area contributed by atoms with Crippen molar-refractivity contribution in [3.63, 3.8) is 0 Å². The molecule has 0 saturated heterocycles. The number of benzene rings is 4. The average Bonchev–Trinajstić information content (AvgIpc) is 3.06. The van der Waals surface area contributed by atoms with Crippen LogP contribution in [-0.4, -0.2) is 50.9 Å². The molecule has 0 radical (unpaired) electrons. The van der Waals surface area contributed by atoms with E-state index < -0.39 is 24.4 Å². The Morgan fingerprint density at radius 2 is 0.977 bits per heavy atom. The Morgan fingerprint density at radius 3 is 1.40 bits per heavy atom. The number of hydrogen-bond donors (Lipinski definition) is 1. The lowest BCUT2D eigenvalue weighted by Crippen LogP contribution is -2.55. The Kier molecular flexibility index (Phi) is 10.7. The number of ether oxygens (including phenoxy) is 6. The summed E-state index contributed by atoms with van der Waals surface area (Å²) >= 11 is 0. The molecule has 0 aliphatic heterocycles. The fourth-order valence-corrected chi connectivity index (χ4v) is 5.75. The van der Waals surface area contributed by atoms with Crippen LogP contribution in [-0.2, 0) is 34.0 Å². The van der Waals surface area contributed by atoms with E-state index in [4.69, 9.17) is 28.4 Å². The first-order valence-electron chi connectivity index (χ1n) is 14.6. The number of hydrogen-bond acceptors (Lipinski definition) is 7. The first-order chi connectivity index (χ1) is 21.1. The maximum Gasteiger partial charge on any atom is 0.129 e. The minimum atomic E-state index is -0.845. The number of aliphatic hydroxyl groups is 1. The Labute approximate surface area is 253 Å². The molecule has 1 N–H and O–H groups in total. The summed E-state index contributed by atoms with van der Waals surface area (Å²) in [4.78, 5) is 0. The van der Waals surface area contributed by atoms with Gasteiger partial charge in [0.1, 0.15) is 29.5 Å². The molecule has 1 aliphatic carbocycles. The number of methoxy groups -OCH3 is 3. The van der Waals surface area contributed by atoms with Gasteiger partial charge in [-0.15, -0.1) is 0 Å². The van der Waals surface area contributed by atoms with E-state index in [1.54, 1.807) is 21.3 Å². The van der Waals surface area contributed by atoms with Gasteiger partial charge in [0.2, 0.25) is 0 Å². The maximum absolute atomic E-state index is 11.7. The van der Waals surface area contributed by atoms with Crippen LogP contribution in [0.15, 0.2) is 103 Å². The zero-order valence-corrected chi connectivity index (χ0v) is 24.9. The van der Waals surface area contributed by atoms with Crippen molar-refractivity contribution in [2.75, 3.05) is 21.3 Å². The summed E-state index contributed by atoms with van der Waals surface area (Å²) in [6, 6.07) is 33.6. The molecule has 226 valence electrons. The van der Waals surface area contributed by atoms with E-state index in [0.29, 0.717) is 43.5 Å². The van der Waals surface area contributed by atoms with E-state index in [-0.39, 0.29) is 5.92 Å². The lowest BCUT2D eigenvalue weighted by atomic mass is 9.76. The molecule has 1 saturated carbocycles. The molecule has 4 aromatic carbocycles. The van der Waals surface area contributed by atoms with Crippen molar-refractivity contribution in [1.29, 1.82) is 0 Å². The molecule has 0 amide bonds. The molecule has 0 spiro atoms. The highest BCUT2D eigenvalue weighted by Gasteiger charge is 2.49. The van der Waals surface area contributed by atoms with Crippen molar-refractivity contribution >= 4 is 0 Å². The maximum atomic E-state index is 11.7. The van der Waals surface area contributed by atoms with Gasteiger partial charge in [-0.05, 0) is 23.1 Å². The number of aliphatic hydroxyl groups excluding tert-OH is 1. The molecule has 7 heteroatoms. The quantitative estimate of drug-likeness (QED) is 0.197. The zero-order chi connectivity index (χ0) is 30.0. The molecule has 0 aromatic heterocycles. The molecule has 7 nitrogen and oxygen atoms in total. The minimum absolute atomic E-state index is 0.332.